The minimum absolute atomic E-state index is 0.0265. The molecule has 0 aliphatic heterocycles. The van der Waals surface area contributed by atoms with Crippen LogP contribution >= 0.6 is 0 Å². The van der Waals surface area contributed by atoms with E-state index in [1.165, 1.54) is 7.05 Å². The number of hydrogen-bond acceptors (Lipinski definition) is 3. The predicted octanol–water partition coefficient (Wildman–Crippen LogP) is -0.510. The van der Waals surface area contributed by atoms with Gasteiger partial charge in [-0.2, -0.15) is 0 Å². The van der Waals surface area contributed by atoms with Crippen LogP contribution in [0.5, 0.6) is 0 Å². The fourth-order valence-corrected chi connectivity index (χ4v) is 1.76. The molecular formula is C12H20N4O2. The van der Waals surface area contributed by atoms with Crippen molar-refractivity contribution in [2.24, 2.45) is 7.05 Å². The van der Waals surface area contributed by atoms with Gasteiger partial charge in [0.15, 0.2) is 0 Å². The average molecular weight is 252 g/mol. The van der Waals surface area contributed by atoms with Crippen molar-refractivity contribution in [2.45, 2.75) is 6.04 Å². The molecule has 0 spiro atoms. The lowest BCUT2D eigenvalue weighted by atomic mass is 10.2. The van der Waals surface area contributed by atoms with Crippen molar-refractivity contribution >= 4 is 11.8 Å². The molecule has 0 saturated carbocycles. The van der Waals surface area contributed by atoms with Crippen LogP contribution in [0.1, 0.15) is 11.7 Å². The Balaban J connectivity index is 2.69. The van der Waals surface area contributed by atoms with Crippen LogP contribution in [0.15, 0.2) is 18.3 Å². The molecule has 100 valence electrons. The van der Waals surface area contributed by atoms with Gasteiger partial charge < -0.3 is 15.2 Å². The van der Waals surface area contributed by atoms with E-state index in [1.807, 2.05) is 48.9 Å². The van der Waals surface area contributed by atoms with Crippen molar-refractivity contribution in [1.82, 2.24) is 20.1 Å². The van der Waals surface area contributed by atoms with Crippen LogP contribution in [-0.2, 0) is 16.6 Å². The maximum atomic E-state index is 11.4. The molecule has 6 heteroatoms. The minimum Gasteiger partial charge on any atom is -0.353 e. The van der Waals surface area contributed by atoms with Gasteiger partial charge in [0.05, 0.1) is 6.04 Å². The van der Waals surface area contributed by atoms with E-state index in [-0.39, 0.29) is 6.04 Å². The molecule has 1 rings (SSSR count). The number of carbonyl (C=O) groups is 2. The van der Waals surface area contributed by atoms with Gasteiger partial charge in [0.1, 0.15) is 0 Å². The molecule has 2 N–H and O–H groups in total. The van der Waals surface area contributed by atoms with Gasteiger partial charge in [-0.15, -0.1) is 0 Å². The smallest absolute Gasteiger partial charge is 0.309 e. The lowest BCUT2D eigenvalue weighted by Crippen LogP contribution is -2.42. The van der Waals surface area contributed by atoms with Gasteiger partial charge in [-0.1, -0.05) is 0 Å². The third-order valence-electron chi connectivity index (χ3n) is 2.84. The van der Waals surface area contributed by atoms with Crippen LogP contribution < -0.4 is 10.6 Å². The highest BCUT2D eigenvalue weighted by Crippen LogP contribution is 2.16. The van der Waals surface area contributed by atoms with Crippen molar-refractivity contribution in [3.05, 3.63) is 24.0 Å². The summed E-state index contributed by atoms with van der Waals surface area (Å²) in [6.07, 6.45) is 1.95. The van der Waals surface area contributed by atoms with Gasteiger partial charge in [-0.25, -0.2) is 0 Å². The Bertz CT molecular complexity index is 425. The summed E-state index contributed by atoms with van der Waals surface area (Å²) in [5.41, 5.74) is 1.08. The molecule has 0 aromatic carbocycles. The predicted molar refractivity (Wildman–Crippen MR) is 68.9 cm³/mol. The normalized spacial score (nSPS) is 12.3. The molecule has 1 atom stereocenters. The van der Waals surface area contributed by atoms with E-state index in [1.54, 1.807) is 0 Å². The Morgan fingerprint density at radius 1 is 1.39 bits per heavy atom. The van der Waals surface area contributed by atoms with E-state index in [2.05, 4.69) is 10.6 Å². The Labute approximate surface area is 107 Å². The standard InChI is InChI=1S/C12H20N4O2/c1-13-11(17)12(18)14-8-10(15(2)3)9-6-5-7-16(9)4/h5-7,10H,8H2,1-4H3,(H,13,17)(H,14,18). The molecule has 0 aliphatic carbocycles. The quantitative estimate of drug-likeness (QED) is 0.709. The second-order valence-corrected chi connectivity index (χ2v) is 4.31. The van der Waals surface area contributed by atoms with Gasteiger partial charge in [-0.05, 0) is 26.2 Å². The molecule has 1 heterocycles. The lowest BCUT2D eigenvalue weighted by Gasteiger charge is -2.25. The molecule has 0 bridgehead atoms. The van der Waals surface area contributed by atoms with E-state index in [4.69, 9.17) is 0 Å². The highest BCUT2D eigenvalue weighted by Gasteiger charge is 2.19. The Morgan fingerprint density at radius 3 is 2.50 bits per heavy atom. The number of nitrogens with one attached hydrogen (secondary N) is 2. The summed E-state index contributed by atoms with van der Waals surface area (Å²) in [7, 11) is 7.25. The largest absolute Gasteiger partial charge is 0.353 e. The number of rotatable bonds is 4. The van der Waals surface area contributed by atoms with E-state index in [9.17, 15) is 9.59 Å². The Kier molecular flexibility index (Phi) is 4.91. The Morgan fingerprint density at radius 2 is 2.06 bits per heavy atom. The summed E-state index contributed by atoms with van der Waals surface area (Å²) in [6.45, 7) is 0.386. The fourth-order valence-electron chi connectivity index (χ4n) is 1.76. The van der Waals surface area contributed by atoms with Crippen molar-refractivity contribution in [3.8, 4) is 0 Å². The summed E-state index contributed by atoms with van der Waals surface area (Å²) >= 11 is 0. The molecule has 18 heavy (non-hydrogen) atoms. The molecule has 1 unspecified atom stereocenters. The lowest BCUT2D eigenvalue weighted by molar-refractivity contribution is -0.139. The molecular weight excluding hydrogens is 232 g/mol. The van der Waals surface area contributed by atoms with Gasteiger partial charge in [0.2, 0.25) is 0 Å². The van der Waals surface area contributed by atoms with Crippen molar-refractivity contribution in [1.29, 1.82) is 0 Å². The number of nitrogens with zero attached hydrogens (tertiary/aromatic N) is 2. The molecule has 0 fully saturated rings. The second kappa shape index (κ2) is 6.20. The third kappa shape index (κ3) is 3.33. The van der Waals surface area contributed by atoms with Crippen molar-refractivity contribution < 1.29 is 9.59 Å². The summed E-state index contributed by atoms with van der Waals surface area (Å²) in [5.74, 6) is -1.24. The number of aryl methyl sites for hydroxylation is 1. The first-order valence-electron chi connectivity index (χ1n) is 5.75. The number of likely N-dealkylation sites (N-methyl/N-ethyl adjacent to an activating group) is 2. The van der Waals surface area contributed by atoms with Crippen LogP contribution in [0.25, 0.3) is 0 Å². The zero-order valence-electron chi connectivity index (χ0n) is 11.2. The number of amides is 2. The fraction of sp³-hybridized carbons (Fsp3) is 0.500. The molecule has 2 amide bonds. The summed E-state index contributed by atoms with van der Waals surface area (Å²) in [6, 6.07) is 3.97. The van der Waals surface area contributed by atoms with E-state index in [0.29, 0.717) is 6.54 Å². The monoisotopic (exact) mass is 252 g/mol. The van der Waals surface area contributed by atoms with Crippen LogP contribution in [0.2, 0.25) is 0 Å². The number of aromatic nitrogens is 1. The highest BCUT2D eigenvalue weighted by atomic mass is 16.2. The number of carbonyl (C=O) groups excluding carboxylic acids is 2. The van der Waals surface area contributed by atoms with E-state index in [0.717, 1.165) is 5.69 Å². The molecule has 0 radical (unpaired) electrons. The van der Waals surface area contributed by atoms with Crippen molar-refractivity contribution in [3.63, 3.8) is 0 Å². The minimum atomic E-state index is -0.626. The van der Waals surface area contributed by atoms with Gasteiger partial charge in [0.25, 0.3) is 0 Å². The number of hydrogen-bond donors (Lipinski definition) is 2. The van der Waals surface area contributed by atoms with Crippen LogP contribution in [0.4, 0.5) is 0 Å². The van der Waals surface area contributed by atoms with Crippen LogP contribution in [-0.4, -0.2) is 49.0 Å². The maximum absolute atomic E-state index is 11.4. The first-order chi connectivity index (χ1) is 8.47. The van der Waals surface area contributed by atoms with E-state index >= 15 is 0 Å². The summed E-state index contributed by atoms with van der Waals surface area (Å²) < 4.78 is 2.00. The summed E-state index contributed by atoms with van der Waals surface area (Å²) in [5, 5.41) is 4.92. The SMILES string of the molecule is CNC(=O)C(=O)NCC(c1cccn1C)N(C)C. The van der Waals surface area contributed by atoms with Gasteiger partial charge >= 0.3 is 11.8 Å². The zero-order valence-corrected chi connectivity index (χ0v) is 11.2. The maximum Gasteiger partial charge on any atom is 0.309 e. The van der Waals surface area contributed by atoms with Crippen molar-refractivity contribution in [2.75, 3.05) is 27.7 Å². The zero-order chi connectivity index (χ0) is 13.7. The molecule has 1 aromatic heterocycles. The van der Waals surface area contributed by atoms with E-state index < -0.39 is 11.8 Å². The van der Waals surface area contributed by atoms with Crippen LogP contribution in [0, 0.1) is 0 Å². The topological polar surface area (TPSA) is 66.4 Å². The molecule has 0 aliphatic rings. The highest BCUT2D eigenvalue weighted by molar-refractivity contribution is 6.35. The molecule has 0 saturated heterocycles. The summed E-state index contributed by atoms with van der Waals surface area (Å²) in [4.78, 5) is 24.5. The average Bonchev–Trinajstić information content (AvgIpc) is 2.74. The third-order valence-corrected chi connectivity index (χ3v) is 2.84. The Hall–Kier alpha value is -1.82. The molecule has 6 nitrogen and oxygen atoms in total. The molecule has 1 aromatic rings. The first-order valence-corrected chi connectivity index (χ1v) is 5.75. The first kappa shape index (κ1) is 14.2. The van der Waals surface area contributed by atoms with Gasteiger partial charge in [-0.3, -0.25) is 14.5 Å². The van der Waals surface area contributed by atoms with Crippen LogP contribution in [0.3, 0.4) is 0 Å². The second-order valence-electron chi connectivity index (χ2n) is 4.31. The van der Waals surface area contributed by atoms with Gasteiger partial charge in [0, 0.05) is 32.5 Å².